The lowest BCUT2D eigenvalue weighted by atomic mass is 10.2. The standard InChI is InChI=1S/C10H14O2S/c1-4-5-8-6-7(2)9(13-8)10(11)12-3/h6H,4-5H2,1-3H3. The first kappa shape index (κ1) is 10.3. The van der Waals surface area contributed by atoms with Crippen molar-refractivity contribution in [3.8, 4) is 0 Å². The van der Waals surface area contributed by atoms with Crippen LogP contribution in [0, 0.1) is 6.92 Å². The van der Waals surface area contributed by atoms with E-state index in [1.807, 2.05) is 6.92 Å². The second-order valence-electron chi connectivity index (χ2n) is 2.97. The molecule has 2 nitrogen and oxygen atoms in total. The van der Waals surface area contributed by atoms with Crippen LogP contribution < -0.4 is 0 Å². The lowest BCUT2D eigenvalue weighted by Gasteiger charge is -1.94. The van der Waals surface area contributed by atoms with Crippen LogP contribution in [0.15, 0.2) is 6.07 Å². The first-order valence-electron chi connectivity index (χ1n) is 4.36. The molecule has 13 heavy (non-hydrogen) atoms. The van der Waals surface area contributed by atoms with Gasteiger partial charge in [0.25, 0.3) is 0 Å². The van der Waals surface area contributed by atoms with E-state index < -0.39 is 0 Å². The molecule has 72 valence electrons. The number of carbonyl (C=O) groups excluding carboxylic acids is 1. The molecule has 0 aliphatic heterocycles. The second-order valence-corrected chi connectivity index (χ2v) is 4.10. The highest BCUT2D eigenvalue weighted by molar-refractivity contribution is 7.14. The molecule has 0 spiro atoms. The zero-order chi connectivity index (χ0) is 9.84. The number of esters is 1. The molecular formula is C10H14O2S. The van der Waals surface area contributed by atoms with Crippen molar-refractivity contribution in [3.05, 3.63) is 21.4 Å². The van der Waals surface area contributed by atoms with Gasteiger partial charge in [0, 0.05) is 4.88 Å². The van der Waals surface area contributed by atoms with Gasteiger partial charge in [-0.2, -0.15) is 0 Å². The Kier molecular flexibility index (Phi) is 3.48. The fourth-order valence-electron chi connectivity index (χ4n) is 1.21. The normalized spacial score (nSPS) is 10.1. The maximum absolute atomic E-state index is 11.2. The molecule has 1 aromatic rings. The van der Waals surface area contributed by atoms with Crippen LogP contribution in [0.2, 0.25) is 0 Å². The highest BCUT2D eigenvalue weighted by Crippen LogP contribution is 2.23. The van der Waals surface area contributed by atoms with Gasteiger partial charge in [-0.15, -0.1) is 11.3 Å². The summed E-state index contributed by atoms with van der Waals surface area (Å²) in [5.41, 5.74) is 1.03. The summed E-state index contributed by atoms with van der Waals surface area (Å²) in [5.74, 6) is -0.218. The highest BCUT2D eigenvalue weighted by atomic mass is 32.1. The number of aryl methyl sites for hydroxylation is 2. The van der Waals surface area contributed by atoms with E-state index in [2.05, 4.69) is 17.7 Å². The molecular weight excluding hydrogens is 184 g/mol. The van der Waals surface area contributed by atoms with Gasteiger partial charge in [-0.3, -0.25) is 0 Å². The summed E-state index contributed by atoms with van der Waals surface area (Å²) in [4.78, 5) is 13.2. The van der Waals surface area contributed by atoms with E-state index in [1.165, 1.54) is 12.0 Å². The Bertz CT molecular complexity index is 302. The molecule has 1 rings (SSSR count). The number of methoxy groups -OCH3 is 1. The maximum Gasteiger partial charge on any atom is 0.348 e. The van der Waals surface area contributed by atoms with Gasteiger partial charge >= 0.3 is 5.97 Å². The minimum atomic E-state index is -0.218. The van der Waals surface area contributed by atoms with Crippen molar-refractivity contribution >= 4 is 17.3 Å². The zero-order valence-electron chi connectivity index (χ0n) is 8.22. The molecule has 0 fully saturated rings. The topological polar surface area (TPSA) is 26.3 Å². The first-order valence-corrected chi connectivity index (χ1v) is 5.18. The molecule has 0 aromatic carbocycles. The van der Waals surface area contributed by atoms with Crippen LogP contribution in [0.3, 0.4) is 0 Å². The number of ether oxygens (including phenoxy) is 1. The van der Waals surface area contributed by atoms with Gasteiger partial charge in [-0.1, -0.05) is 13.3 Å². The number of rotatable bonds is 3. The lowest BCUT2D eigenvalue weighted by molar-refractivity contribution is 0.0605. The summed E-state index contributed by atoms with van der Waals surface area (Å²) in [5, 5.41) is 0. The van der Waals surface area contributed by atoms with Gasteiger partial charge in [-0.05, 0) is 25.0 Å². The monoisotopic (exact) mass is 198 g/mol. The van der Waals surface area contributed by atoms with E-state index in [0.29, 0.717) is 0 Å². The molecule has 0 bridgehead atoms. The fraction of sp³-hybridized carbons (Fsp3) is 0.500. The van der Waals surface area contributed by atoms with Gasteiger partial charge in [0.05, 0.1) is 7.11 Å². The maximum atomic E-state index is 11.2. The van der Waals surface area contributed by atoms with Crippen molar-refractivity contribution in [1.82, 2.24) is 0 Å². The zero-order valence-corrected chi connectivity index (χ0v) is 9.03. The Labute approximate surface area is 82.5 Å². The summed E-state index contributed by atoms with van der Waals surface area (Å²) < 4.78 is 4.68. The predicted molar refractivity (Wildman–Crippen MR) is 54.4 cm³/mol. The average Bonchev–Trinajstić information content (AvgIpc) is 2.46. The summed E-state index contributed by atoms with van der Waals surface area (Å²) in [7, 11) is 1.42. The van der Waals surface area contributed by atoms with Crippen LogP contribution in [-0.2, 0) is 11.2 Å². The lowest BCUT2D eigenvalue weighted by Crippen LogP contribution is -1.99. The highest BCUT2D eigenvalue weighted by Gasteiger charge is 2.12. The Morgan fingerprint density at radius 3 is 2.85 bits per heavy atom. The molecule has 0 saturated heterocycles. The fourth-order valence-corrected chi connectivity index (χ4v) is 2.40. The van der Waals surface area contributed by atoms with E-state index >= 15 is 0 Å². The second kappa shape index (κ2) is 4.42. The van der Waals surface area contributed by atoms with Gasteiger partial charge in [0.15, 0.2) is 0 Å². The van der Waals surface area contributed by atoms with E-state index in [0.717, 1.165) is 23.3 Å². The van der Waals surface area contributed by atoms with Crippen molar-refractivity contribution in [2.75, 3.05) is 7.11 Å². The summed E-state index contributed by atoms with van der Waals surface area (Å²) in [6.45, 7) is 4.08. The summed E-state index contributed by atoms with van der Waals surface area (Å²) in [6, 6.07) is 2.07. The molecule has 3 heteroatoms. The summed E-state index contributed by atoms with van der Waals surface area (Å²) in [6.07, 6.45) is 2.16. The van der Waals surface area contributed by atoms with Crippen molar-refractivity contribution in [3.63, 3.8) is 0 Å². The Balaban J connectivity index is 2.89. The van der Waals surface area contributed by atoms with Gasteiger partial charge in [0.1, 0.15) is 4.88 Å². The molecule has 0 N–H and O–H groups in total. The number of hydrogen-bond donors (Lipinski definition) is 0. The van der Waals surface area contributed by atoms with Gasteiger partial charge < -0.3 is 4.74 Å². The van der Waals surface area contributed by atoms with Crippen LogP contribution in [0.5, 0.6) is 0 Å². The van der Waals surface area contributed by atoms with Crippen LogP contribution in [0.1, 0.15) is 33.5 Å². The Morgan fingerprint density at radius 1 is 1.62 bits per heavy atom. The van der Waals surface area contributed by atoms with Gasteiger partial charge in [0.2, 0.25) is 0 Å². The summed E-state index contributed by atoms with van der Waals surface area (Å²) >= 11 is 1.54. The average molecular weight is 198 g/mol. The molecule has 0 radical (unpaired) electrons. The molecule has 0 aliphatic carbocycles. The molecule has 0 unspecified atom stereocenters. The third-order valence-electron chi connectivity index (χ3n) is 1.84. The molecule has 0 aliphatic rings. The van der Waals surface area contributed by atoms with E-state index in [4.69, 9.17) is 0 Å². The largest absolute Gasteiger partial charge is 0.465 e. The molecule has 0 amide bonds. The smallest absolute Gasteiger partial charge is 0.348 e. The van der Waals surface area contributed by atoms with E-state index in [-0.39, 0.29) is 5.97 Å². The van der Waals surface area contributed by atoms with Crippen LogP contribution in [0.25, 0.3) is 0 Å². The first-order chi connectivity index (χ1) is 6.19. The minimum absolute atomic E-state index is 0.218. The van der Waals surface area contributed by atoms with Crippen molar-refractivity contribution in [2.24, 2.45) is 0 Å². The van der Waals surface area contributed by atoms with Crippen LogP contribution >= 0.6 is 11.3 Å². The Hall–Kier alpha value is -0.830. The van der Waals surface area contributed by atoms with Crippen LogP contribution in [-0.4, -0.2) is 13.1 Å². The molecule has 1 heterocycles. The molecule has 0 saturated carbocycles. The Morgan fingerprint density at radius 2 is 2.31 bits per heavy atom. The number of carbonyl (C=O) groups is 1. The SMILES string of the molecule is CCCc1cc(C)c(C(=O)OC)s1. The number of hydrogen-bond acceptors (Lipinski definition) is 3. The molecule has 1 aromatic heterocycles. The van der Waals surface area contributed by atoms with Crippen molar-refractivity contribution in [1.29, 1.82) is 0 Å². The number of thiophene rings is 1. The van der Waals surface area contributed by atoms with E-state index in [1.54, 1.807) is 11.3 Å². The molecule has 0 atom stereocenters. The minimum Gasteiger partial charge on any atom is -0.465 e. The quantitative estimate of drug-likeness (QED) is 0.698. The van der Waals surface area contributed by atoms with E-state index in [9.17, 15) is 4.79 Å². The predicted octanol–water partition coefficient (Wildman–Crippen LogP) is 2.80. The third kappa shape index (κ3) is 2.31. The van der Waals surface area contributed by atoms with Crippen molar-refractivity contribution < 1.29 is 9.53 Å². The van der Waals surface area contributed by atoms with Crippen molar-refractivity contribution in [2.45, 2.75) is 26.7 Å². The van der Waals surface area contributed by atoms with Gasteiger partial charge in [-0.25, -0.2) is 4.79 Å². The van der Waals surface area contributed by atoms with Crippen LogP contribution in [0.4, 0.5) is 0 Å². The third-order valence-corrected chi connectivity index (χ3v) is 3.11.